The minimum atomic E-state index is -0.660. The summed E-state index contributed by atoms with van der Waals surface area (Å²) < 4.78 is 43.0. The van der Waals surface area contributed by atoms with Crippen molar-refractivity contribution in [1.82, 2.24) is 14.6 Å². The Kier molecular flexibility index (Phi) is 5.63. The van der Waals surface area contributed by atoms with Crippen molar-refractivity contribution < 1.29 is 22.8 Å². The van der Waals surface area contributed by atoms with Gasteiger partial charge >= 0.3 is 0 Å². The van der Waals surface area contributed by atoms with Crippen molar-refractivity contribution in [2.24, 2.45) is 11.8 Å². The molecule has 5 rings (SSSR count). The SMILES string of the molecule is O=C([C@H]1CC[C@H](Cn2ccc3ncc(F)cc32)CC1)N1OCC[C@H]1c1cc(F)cc(F)c1. The van der Waals surface area contributed by atoms with Crippen LogP contribution in [0.5, 0.6) is 0 Å². The van der Waals surface area contributed by atoms with Crippen molar-refractivity contribution >= 4 is 16.9 Å². The van der Waals surface area contributed by atoms with E-state index in [0.29, 0.717) is 24.5 Å². The number of benzene rings is 1. The molecule has 1 saturated heterocycles. The highest BCUT2D eigenvalue weighted by Gasteiger charge is 2.37. The summed E-state index contributed by atoms with van der Waals surface area (Å²) >= 11 is 0. The Morgan fingerprint density at radius 1 is 1.00 bits per heavy atom. The number of carbonyl (C=O) groups is 1. The van der Waals surface area contributed by atoms with Gasteiger partial charge in [0.1, 0.15) is 17.5 Å². The topological polar surface area (TPSA) is 47.4 Å². The Bertz CT molecular complexity index is 1120. The van der Waals surface area contributed by atoms with Crippen molar-refractivity contribution in [1.29, 1.82) is 0 Å². The van der Waals surface area contributed by atoms with Crippen LogP contribution in [0.25, 0.3) is 11.0 Å². The summed E-state index contributed by atoms with van der Waals surface area (Å²) in [5.41, 5.74) is 1.96. The van der Waals surface area contributed by atoms with Crippen LogP contribution in [-0.2, 0) is 16.2 Å². The number of nitrogens with zero attached hydrogens (tertiary/aromatic N) is 3. The van der Waals surface area contributed by atoms with E-state index in [1.54, 1.807) is 0 Å². The van der Waals surface area contributed by atoms with Gasteiger partial charge in [-0.15, -0.1) is 0 Å². The maximum absolute atomic E-state index is 13.7. The van der Waals surface area contributed by atoms with E-state index in [1.165, 1.54) is 29.5 Å². The number of amides is 1. The largest absolute Gasteiger partial charge is 0.346 e. The van der Waals surface area contributed by atoms with Gasteiger partial charge in [0.15, 0.2) is 0 Å². The van der Waals surface area contributed by atoms with Gasteiger partial charge in [-0.1, -0.05) is 0 Å². The molecule has 1 atom stereocenters. The standard InChI is InChI=1S/C24H24F3N3O2/c25-18-9-17(10-19(26)11-18)22-6-8-32-30(22)24(31)16-3-1-15(2-4-16)14-29-7-5-21-23(29)12-20(27)13-28-21/h5,7,9-13,15-16,22H,1-4,6,8,14H2/t15-,16-,22-/m0/s1. The molecule has 1 amide bonds. The highest BCUT2D eigenvalue weighted by Crippen LogP contribution is 2.37. The normalized spacial score (nSPS) is 23.7. The average molecular weight is 443 g/mol. The monoisotopic (exact) mass is 443 g/mol. The summed E-state index contributed by atoms with van der Waals surface area (Å²) in [6, 6.07) is 6.25. The van der Waals surface area contributed by atoms with Gasteiger partial charge in [-0.25, -0.2) is 18.2 Å². The fraction of sp³-hybridized carbons (Fsp3) is 0.417. The van der Waals surface area contributed by atoms with Crippen LogP contribution >= 0.6 is 0 Å². The summed E-state index contributed by atoms with van der Waals surface area (Å²) in [6.07, 6.45) is 6.83. The lowest BCUT2D eigenvalue weighted by molar-refractivity contribution is -0.183. The van der Waals surface area contributed by atoms with E-state index in [1.807, 2.05) is 16.8 Å². The summed E-state index contributed by atoms with van der Waals surface area (Å²) in [4.78, 5) is 22.8. The number of halogens is 3. The van der Waals surface area contributed by atoms with Crippen LogP contribution in [0.15, 0.2) is 42.7 Å². The van der Waals surface area contributed by atoms with E-state index in [-0.39, 0.29) is 17.6 Å². The first-order valence-corrected chi connectivity index (χ1v) is 11.0. The molecule has 1 aromatic carbocycles. The molecule has 0 spiro atoms. The molecule has 0 unspecified atom stereocenters. The Labute approximate surface area is 183 Å². The van der Waals surface area contributed by atoms with Crippen LogP contribution in [0, 0.1) is 29.3 Å². The first kappa shape index (κ1) is 21.0. The molecular formula is C24H24F3N3O2. The minimum Gasteiger partial charge on any atom is -0.346 e. The molecule has 168 valence electrons. The third-order valence-electron chi connectivity index (χ3n) is 6.63. The van der Waals surface area contributed by atoms with E-state index in [2.05, 4.69) is 4.98 Å². The van der Waals surface area contributed by atoms with E-state index in [9.17, 15) is 18.0 Å². The number of rotatable bonds is 4. The summed E-state index contributed by atoms with van der Waals surface area (Å²) in [7, 11) is 0. The first-order valence-electron chi connectivity index (χ1n) is 11.0. The van der Waals surface area contributed by atoms with Gasteiger partial charge in [-0.2, -0.15) is 0 Å². The average Bonchev–Trinajstić information content (AvgIpc) is 3.41. The molecule has 0 radical (unpaired) electrons. The van der Waals surface area contributed by atoms with Crippen LogP contribution in [0.2, 0.25) is 0 Å². The smallest absolute Gasteiger partial charge is 0.249 e. The van der Waals surface area contributed by atoms with Crippen molar-refractivity contribution in [3.63, 3.8) is 0 Å². The Hall–Kier alpha value is -2.87. The van der Waals surface area contributed by atoms with Crippen molar-refractivity contribution in [3.8, 4) is 0 Å². The predicted molar refractivity (Wildman–Crippen MR) is 112 cm³/mol. The Morgan fingerprint density at radius 2 is 1.75 bits per heavy atom. The molecule has 0 N–H and O–H groups in total. The molecule has 8 heteroatoms. The summed E-state index contributed by atoms with van der Waals surface area (Å²) in [6.45, 7) is 1.09. The van der Waals surface area contributed by atoms with Crippen molar-refractivity contribution in [2.45, 2.75) is 44.7 Å². The van der Waals surface area contributed by atoms with Crippen LogP contribution in [-0.4, -0.2) is 27.1 Å². The van der Waals surface area contributed by atoms with Gasteiger partial charge in [0.2, 0.25) is 5.91 Å². The second-order valence-corrected chi connectivity index (χ2v) is 8.75. The minimum absolute atomic E-state index is 0.117. The van der Waals surface area contributed by atoms with Crippen molar-refractivity contribution in [2.75, 3.05) is 6.61 Å². The van der Waals surface area contributed by atoms with E-state index < -0.39 is 17.7 Å². The zero-order valence-corrected chi connectivity index (χ0v) is 17.5. The van der Waals surface area contributed by atoms with Gasteiger partial charge in [-0.3, -0.25) is 14.6 Å². The van der Waals surface area contributed by atoms with Gasteiger partial charge in [0.05, 0.1) is 29.9 Å². The van der Waals surface area contributed by atoms with Gasteiger partial charge in [-0.05, 0) is 55.4 Å². The molecule has 32 heavy (non-hydrogen) atoms. The van der Waals surface area contributed by atoms with Gasteiger partial charge in [0, 0.05) is 37.2 Å². The number of hydrogen-bond acceptors (Lipinski definition) is 3. The molecule has 2 aliphatic rings. The maximum Gasteiger partial charge on any atom is 0.249 e. The zero-order valence-electron chi connectivity index (χ0n) is 17.5. The lowest BCUT2D eigenvalue weighted by Gasteiger charge is -2.32. The Balaban J connectivity index is 1.22. The quantitative estimate of drug-likeness (QED) is 0.559. The van der Waals surface area contributed by atoms with E-state index in [0.717, 1.165) is 49.3 Å². The number of hydrogen-bond donors (Lipinski definition) is 0. The van der Waals surface area contributed by atoms with E-state index >= 15 is 0 Å². The molecule has 3 heterocycles. The van der Waals surface area contributed by atoms with Crippen LogP contribution in [0.1, 0.15) is 43.7 Å². The maximum atomic E-state index is 13.7. The molecule has 3 aromatic rings. The second kappa shape index (κ2) is 8.58. The zero-order chi connectivity index (χ0) is 22.2. The third kappa shape index (κ3) is 4.11. The van der Waals surface area contributed by atoms with Gasteiger partial charge < -0.3 is 4.57 Å². The molecule has 2 fully saturated rings. The molecule has 5 nitrogen and oxygen atoms in total. The lowest BCUT2D eigenvalue weighted by atomic mass is 9.81. The predicted octanol–water partition coefficient (Wildman–Crippen LogP) is 5.17. The highest BCUT2D eigenvalue weighted by molar-refractivity contribution is 5.78. The van der Waals surface area contributed by atoms with Gasteiger partial charge in [0.25, 0.3) is 0 Å². The molecule has 1 aliphatic carbocycles. The van der Waals surface area contributed by atoms with Crippen LogP contribution < -0.4 is 0 Å². The molecule has 2 aromatic heterocycles. The molecular weight excluding hydrogens is 419 g/mol. The number of aromatic nitrogens is 2. The third-order valence-corrected chi connectivity index (χ3v) is 6.63. The second-order valence-electron chi connectivity index (χ2n) is 8.75. The van der Waals surface area contributed by atoms with Crippen LogP contribution in [0.3, 0.4) is 0 Å². The lowest BCUT2D eigenvalue weighted by Crippen LogP contribution is -2.37. The number of carbonyl (C=O) groups excluding carboxylic acids is 1. The van der Waals surface area contributed by atoms with E-state index in [4.69, 9.17) is 4.84 Å². The fourth-order valence-corrected chi connectivity index (χ4v) is 5.00. The highest BCUT2D eigenvalue weighted by atomic mass is 19.1. The summed E-state index contributed by atoms with van der Waals surface area (Å²) in [5.74, 6) is -1.59. The molecule has 1 saturated carbocycles. The molecule has 1 aliphatic heterocycles. The number of pyridine rings is 1. The Morgan fingerprint density at radius 3 is 2.50 bits per heavy atom. The fourth-order valence-electron chi connectivity index (χ4n) is 5.00. The first-order chi connectivity index (χ1) is 15.5. The summed E-state index contributed by atoms with van der Waals surface area (Å²) in [5, 5.41) is 1.33. The number of fused-ring (bicyclic) bond motifs is 1. The number of hydroxylamine groups is 2. The molecule has 0 bridgehead atoms. The van der Waals surface area contributed by atoms with Crippen LogP contribution in [0.4, 0.5) is 13.2 Å². The van der Waals surface area contributed by atoms with Crippen molar-refractivity contribution in [3.05, 3.63) is 65.7 Å².